The lowest BCUT2D eigenvalue weighted by atomic mass is 10.2. The minimum Gasteiger partial charge on any atom is -0.315 e. The van der Waals surface area contributed by atoms with Crippen molar-refractivity contribution in [2.45, 2.75) is 53.5 Å². The Bertz CT molecular complexity index is 315. The molecule has 0 aliphatic heterocycles. The second-order valence-corrected chi connectivity index (χ2v) is 3.45. The van der Waals surface area contributed by atoms with E-state index in [0.29, 0.717) is 0 Å². The molecule has 0 saturated carbocycles. The van der Waals surface area contributed by atoms with E-state index in [9.17, 15) is 4.79 Å². The number of unbranched alkanes of at least 4 members (excludes halogenated alkanes) is 2. The molecule has 0 saturated heterocycles. The Kier molecular flexibility index (Phi) is 7.69. The van der Waals surface area contributed by atoms with Gasteiger partial charge in [-0.05, 0) is 18.9 Å². The van der Waals surface area contributed by atoms with Crippen LogP contribution >= 0.6 is 0 Å². The molecule has 1 heterocycles. The van der Waals surface area contributed by atoms with E-state index in [0.717, 1.165) is 18.5 Å². The maximum Gasteiger partial charge on any atom is 0.250 e. The number of nitrogens with zero attached hydrogens (tertiary/aromatic N) is 1. The lowest BCUT2D eigenvalue weighted by Gasteiger charge is -2.04. The van der Waals surface area contributed by atoms with Crippen molar-refractivity contribution in [1.82, 2.24) is 4.57 Å². The molecule has 1 aromatic heterocycles. The summed E-state index contributed by atoms with van der Waals surface area (Å²) in [4.78, 5) is 11.3. The number of rotatable bonds is 4. The number of aryl methyl sites for hydroxylation is 2. The fourth-order valence-electron chi connectivity index (χ4n) is 1.36. The molecular weight excluding hydrogens is 186 g/mol. The summed E-state index contributed by atoms with van der Waals surface area (Å²) in [6.07, 6.45) is 5.42. The third-order valence-corrected chi connectivity index (χ3v) is 2.13. The van der Waals surface area contributed by atoms with Gasteiger partial charge in [-0.1, -0.05) is 39.7 Å². The highest BCUT2D eigenvalue weighted by atomic mass is 16.1. The number of pyridine rings is 1. The van der Waals surface area contributed by atoms with Crippen molar-refractivity contribution in [3.05, 3.63) is 34.2 Å². The highest BCUT2D eigenvalue weighted by molar-refractivity contribution is 5.06. The summed E-state index contributed by atoms with van der Waals surface area (Å²) < 4.78 is 1.80. The van der Waals surface area contributed by atoms with Crippen molar-refractivity contribution >= 4 is 0 Å². The molecule has 2 heteroatoms. The van der Waals surface area contributed by atoms with Crippen LogP contribution in [-0.2, 0) is 6.54 Å². The molecule has 0 radical (unpaired) electrons. The quantitative estimate of drug-likeness (QED) is 0.697. The van der Waals surface area contributed by atoms with E-state index < -0.39 is 0 Å². The molecule has 0 N–H and O–H groups in total. The van der Waals surface area contributed by atoms with Gasteiger partial charge in [0.2, 0.25) is 0 Å². The maximum atomic E-state index is 11.3. The zero-order chi connectivity index (χ0) is 11.7. The summed E-state index contributed by atoms with van der Waals surface area (Å²) in [5.74, 6) is 0. The number of hydrogen-bond acceptors (Lipinski definition) is 1. The van der Waals surface area contributed by atoms with Crippen LogP contribution in [0.4, 0.5) is 0 Å². The monoisotopic (exact) mass is 209 g/mol. The van der Waals surface area contributed by atoms with Crippen LogP contribution in [0.15, 0.2) is 23.1 Å². The molecule has 0 aliphatic rings. The molecule has 0 spiro atoms. The average molecular weight is 209 g/mol. The minimum atomic E-state index is 0.113. The fourth-order valence-corrected chi connectivity index (χ4v) is 1.36. The lowest BCUT2D eigenvalue weighted by Crippen LogP contribution is -2.18. The van der Waals surface area contributed by atoms with Crippen molar-refractivity contribution in [1.29, 1.82) is 0 Å². The molecule has 1 aromatic rings. The van der Waals surface area contributed by atoms with E-state index >= 15 is 0 Å². The van der Waals surface area contributed by atoms with Crippen molar-refractivity contribution < 1.29 is 0 Å². The molecular formula is C13H23NO. The van der Waals surface area contributed by atoms with E-state index in [1.54, 1.807) is 10.6 Å². The topological polar surface area (TPSA) is 22.0 Å². The highest BCUT2D eigenvalue weighted by Gasteiger charge is 1.94. The number of hydrogen-bond donors (Lipinski definition) is 0. The summed E-state index contributed by atoms with van der Waals surface area (Å²) in [6, 6.07) is 3.50. The molecule has 86 valence electrons. The predicted octanol–water partition coefficient (Wildman–Crippen LogP) is 3.37. The summed E-state index contributed by atoms with van der Waals surface area (Å²) in [6.45, 7) is 9.03. The van der Waals surface area contributed by atoms with Crippen molar-refractivity contribution in [2.75, 3.05) is 0 Å². The highest BCUT2D eigenvalue weighted by Crippen LogP contribution is 1.98. The second-order valence-electron chi connectivity index (χ2n) is 3.45. The van der Waals surface area contributed by atoms with E-state index in [1.165, 1.54) is 12.8 Å². The van der Waals surface area contributed by atoms with Gasteiger partial charge in [0.25, 0.3) is 5.56 Å². The first-order valence-electron chi connectivity index (χ1n) is 5.91. The van der Waals surface area contributed by atoms with Crippen molar-refractivity contribution in [3.8, 4) is 0 Å². The van der Waals surface area contributed by atoms with Gasteiger partial charge >= 0.3 is 0 Å². The summed E-state index contributed by atoms with van der Waals surface area (Å²) in [5, 5.41) is 0. The van der Waals surface area contributed by atoms with Gasteiger partial charge in [0.15, 0.2) is 0 Å². The Labute approximate surface area is 92.9 Å². The van der Waals surface area contributed by atoms with E-state index in [2.05, 4.69) is 6.92 Å². The Morgan fingerprint density at radius 3 is 2.47 bits per heavy atom. The average Bonchev–Trinajstić information content (AvgIpc) is 2.26. The second kappa shape index (κ2) is 8.27. The van der Waals surface area contributed by atoms with Crippen LogP contribution in [0.5, 0.6) is 0 Å². The normalized spacial score (nSPS) is 9.33. The van der Waals surface area contributed by atoms with Crippen molar-refractivity contribution in [3.63, 3.8) is 0 Å². The first-order valence-corrected chi connectivity index (χ1v) is 5.91. The zero-order valence-corrected chi connectivity index (χ0v) is 10.4. The third-order valence-electron chi connectivity index (χ3n) is 2.13. The molecule has 0 aromatic carbocycles. The molecule has 0 fully saturated rings. The van der Waals surface area contributed by atoms with E-state index in [4.69, 9.17) is 0 Å². The van der Waals surface area contributed by atoms with Crippen LogP contribution in [0, 0.1) is 6.92 Å². The van der Waals surface area contributed by atoms with Gasteiger partial charge in [-0.3, -0.25) is 4.79 Å². The van der Waals surface area contributed by atoms with Crippen LogP contribution in [0.3, 0.4) is 0 Å². The molecule has 1 rings (SSSR count). The van der Waals surface area contributed by atoms with Gasteiger partial charge < -0.3 is 4.57 Å². The molecule has 0 bridgehead atoms. The summed E-state index contributed by atoms with van der Waals surface area (Å²) >= 11 is 0. The molecule has 0 aliphatic carbocycles. The Morgan fingerprint density at radius 2 is 1.87 bits per heavy atom. The molecule has 2 nitrogen and oxygen atoms in total. The van der Waals surface area contributed by atoms with Gasteiger partial charge in [0, 0.05) is 18.8 Å². The predicted molar refractivity (Wildman–Crippen MR) is 66.3 cm³/mol. The molecule has 15 heavy (non-hydrogen) atoms. The SMILES string of the molecule is CC.CCCCCn1cc(C)ccc1=O. The first kappa shape index (κ1) is 13.9. The first-order chi connectivity index (χ1) is 7.24. The van der Waals surface area contributed by atoms with Crippen LogP contribution in [0.2, 0.25) is 0 Å². The standard InChI is InChI=1S/C11H17NO.C2H6/c1-3-4-5-8-12-9-10(2)6-7-11(12)13;1-2/h6-7,9H,3-5,8H2,1-2H3;1-2H3. The number of aromatic nitrogens is 1. The van der Waals surface area contributed by atoms with E-state index in [1.807, 2.05) is 33.0 Å². The Hall–Kier alpha value is -1.05. The van der Waals surface area contributed by atoms with Gasteiger partial charge in [-0.15, -0.1) is 0 Å². The minimum absolute atomic E-state index is 0.113. The van der Waals surface area contributed by atoms with Crippen LogP contribution in [-0.4, -0.2) is 4.57 Å². The Morgan fingerprint density at radius 1 is 1.20 bits per heavy atom. The van der Waals surface area contributed by atoms with Gasteiger partial charge in [-0.2, -0.15) is 0 Å². The molecule has 0 unspecified atom stereocenters. The van der Waals surface area contributed by atoms with E-state index in [-0.39, 0.29) is 5.56 Å². The van der Waals surface area contributed by atoms with Gasteiger partial charge in [-0.25, -0.2) is 0 Å². The lowest BCUT2D eigenvalue weighted by molar-refractivity contribution is 0.586. The van der Waals surface area contributed by atoms with Crippen LogP contribution < -0.4 is 5.56 Å². The molecule has 0 amide bonds. The van der Waals surface area contributed by atoms with Gasteiger partial charge in [0.1, 0.15) is 0 Å². The van der Waals surface area contributed by atoms with Gasteiger partial charge in [0.05, 0.1) is 0 Å². The van der Waals surface area contributed by atoms with Crippen molar-refractivity contribution in [2.24, 2.45) is 0 Å². The van der Waals surface area contributed by atoms with Crippen LogP contribution in [0.1, 0.15) is 45.6 Å². The summed E-state index contributed by atoms with van der Waals surface area (Å²) in [7, 11) is 0. The summed E-state index contributed by atoms with van der Waals surface area (Å²) in [5.41, 5.74) is 1.26. The maximum absolute atomic E-state index is 11.3. The van der Waals surface area contributed by atoms with Crippen LogP contribution in [0.25, 0.3) is 0 Å². The third kappa shape index (κ3) is 5.40. The fraction of sp³-hybridized carbons (Fsp3) is 0.615. The largest absolute Gasteiger partial charge is 0.315 e. The Balaban J connectivity index is 0.000000921. The zero-order valence-electron chi connectivity index (χ0n) is 10.4. The molecule has 0 atom stereocenters. The smallest absolute Gasteiger partial charge is 0.250 e.